The molecule has 0 radical (unpaired) electrons. The summed E-state index contributed by atoms with van der Waals surface area (Å²) in [7, 11) is 0. The van der Waals surface area contributed by atoms with Crippen molar-refractivity contribution in [3.05, 3.63) is 42.2 Å². The molecule has 0 saturated carbocycles. The zero-order valence-corrected chi connectivity index (χ0v) is 15.7. The highest BCUT2D eigenvalue weighted by atomic mass is 19.1. The lowest BCUT2D eigenvalue weighted by Gasteiger charge is -2.32. The zero-order chi connectivity index (χ0) is 18.4. The van der Waals surface area contributed by atoms with E-state index in [2.05, 4.69) is 16.4 Å². The number of halogens is 1. The average Bonchev–Trinajstić information content (AvgIpc) is 2.85. The van der Waals surface area contributed by atoms with Gasteiger partial charge in [-0.3, -0.25) is 9.69 Å². The minimum Gasteiger partial charge on any atom is -0.370 e. The average molecular weight is 347 g/mol. The predicted octanol–water partition coefficient (Wildman–Crippen LogP) is 3.15. The van der Waals surface area contributed by atoms with Crippen LogP contribution in [0.25, 0.3) is 0 Å². The number of hydrogen-bond acceptors (Lipinski definition) is 3. The van der Waals surface area contributed by atoms with Gasteiger partial charge in [-0.05, 0) is 51.5 Å². The number of carbonyl (C=O) groups excluding carboxylic acids is 1. The van der Waals surface area contributed by atoms with E-state index in [-0.39, 0.29) is 17.8 Å². The van der Waals surface area contributed by atoms with Crippen LogP contribution in [0.1, 0.15) is 27.2 Å². The van der Waals surface area contributed by atoms with Crippen molar-refractivity contribution in [3.63, 3.8) is 0 Å². The van der Waals surface area contributed by atoms with Crippen molar-refractivity contribution in [2.45, 2.75) is 33.2 Å². The molecule has 1 aliphatic rings. The van der Waals surface area contributed by atoms with Gasteiger partial charge >= 0.3 is 0 Å². The van der Waals surface area contributed by atoms with Crippen LogP contribution in [0.3, 0.4) is 0 Å². The van der Waals surface area contributed by atoms with E-state index in [1.165, 1.54) is 12.1 Å². The Morgan fingerprint density at radius 3 is 2.52 bits per heavy atom. The van der Waals surface area contributed by atoms with Crippen molar-refractivity contribution >= 4 is 11.6 Å². The van der Waals surface area contributed by atoms with Crippen LogP contribution in [0.5, 0.6) is 0 Å². The third-order valence-electron chi connectivity index (χ3n) is 4.78. The number of benzene rings is 1. The third-order valence-corrected chi connectivity index (χ3v) is 4.78. The van der Waals surface area contributed by atoms with Gasteiger partial charge in [0.15, 0.2) is 0 Å². The van der Waals surface area contributed by atoms with E-state index in [0.717, 1.165) is 43.9 Å². The lowest BCUT2D eigenvalue weighted by Crippen LogP contribution is -2.48. The summed E-state index contributed by atoms with van der Waals surface area (Å²) in [5, 5.41) is 0. The van der Waals surface area contributed by atoms with Gasteiger partial charge < -0.3 is 9.80 Å². The summed E-state index contributed by atoms with van der Waals surface area (Å²) in [6.45, 7) is 14.7. The monoisotopic (exact) mass is 347 g/mol. The van der Waals surface area contributed by atoms with Crippen molar-refractivity contribution in [2.24, 2.45) is 0 Å². The van der Waals surface area contributed by atoms with E-state index in [1.807, 2.05) is 37.8 Å². The first-order chi connectivity index (χ1) is 11.9. The standard InChI is InChI=1S/C20H30FN3O/c1-5-22(15-16(2)3)20(25)17(4)23-11-6-12-24(14-13-23)19-9-7-18(21)8-10-19/h7-10,17H,2,5-6,11-15H2,1,3-4H3. The molecule has 1 aliphatic heterocycles. The van der Waals surface area contributed by atoms with E-state index in [9.17, 15) is 9.18 Å². The number of amides is 1. The van der Waals surface area contributed by atoms with Crippen molar-refractivity contribution in [1.82, 2.24) is 9.80 Å². The molecule has 0 spiro atoms. The van der Waals surface area contributed by atoms with Crippen molar-refractivity contribution in [1.29, 1.82) is 0 Å². The Bertz CT molecular complexity index is 587. The van der Waals surface area contributed by atoms with Gasteiger partial charge in [0.1, 0.15) is 5.82 Å². The second kappa shape index (κ2) is 8.99. The molecule has 0 bridgehead atoms. The van der Waals surface area contributed by atoms with Gasteiger partial charge in [-0.2, -0.15) is 0 Å². The largest absolute Gasteiger partial charge is 0.370 e. The molecule has 1 unspecified atom stereocenters. The van der Waals surface area contributed by atoms with Crippen LogP contribution in [0.15, 0.2) is 36.4 Å². The van der Waals surface area contributed by atoms with Crippen LogP contribution in [-0.2, 0) is 4.79 Å². The van der Waals surface area contributed by atoms with Gasteiger partial charge in [-0.1, -0.05) is 12.2 Å². The molecule has 0 N–H and O–H groups in total. The van der Waals surface area contributed by atoms with Gasteiger partial charge in [-0.15, -0.1) is 0 Å². The lowest BCUT2D eigenvalue weighted by molar-refractivity contribution is -0.135. The van der Waals surface area contributed by atoms with E-state index < -0.39 is 0 Å². The summed E-state index contributed by atoms with van der Waals surface area (Å²) in [6, 6.07) is 6.52. The van der Waals surface area contributed by atoms with Gasteiger partial charge in [0, 0.05) is 45.0 Å². The molecule has 25 heavy (non-hydrogen) atoms. The fourth-order valence-corrected chi connectivity index (χ4v) is 3.33. The smallest absolute Gasteiger partial charge is 0.239 e. The molecular weight excluding hydrogens is 317 g/mol. The van der Waals surface area contributed by atoms with E-state index in [4.69, 9.17) is 0 Å². The maximum Gasteiger partial charge on any atom is 0.239 e. The number of nitrogens with zero attached hydrogens (tertiary/aromatic N) is 3. The second-order valence-electron chi connectivity index (χ2n) is 6.84. The molecule has 1 atom stereocenters. The first kappa shape index (κ1) is 19.4. The highest BCUT2D eigenvalue weighted by Gasteiger charge is 2.27. The maximum atomic E-state index is 13.1. The fourth-order valence-electron chi connectivity index (χ4n) is 3.33. The number of likely N-dealkylation sites (N-methyl/N-ethyl adjacent to an activating group) is 1. The maximum absolute atomic E-state index is 13.1. The molecule has 1 amide bonds. The molecule has 1 aromatic rings. The topological polar surface area (TPSA) is 26.8 Å². The second-order valence-corrected chi connectivity index (χ2v) is 6.84. The van der Waals surface area contributed by atoms with Crippen LogP contribution in [0.2, 0.25) is 0 Å². The first-order valence-corrected chi connectivity index (χ1v) is 9.10. The van der Waals surface area contributed by atoms with Gasteiger partial charge in [-0.25, -0.2) is 4.39 Å². The molecule has 0 aromatic heterocycles. The van der Waals surface area contributed by atoms with Crippen LogP contribution in [0, 0.1) is 5.82 Å². The van der Waals surface area contributed by atoms with Crippen molar-refractivity contribution in [3.8, 4) is 0 Å². The Morgan fingerprint density at radius 1 is 1.24 bits per heavy atom. The normalized spacial score (nSPS) is 17.0. The number of rotatable bonds is 6. The third kappa shape index (κ3) is 5.30. The van der Waals surface area contributed by atoms with Crippen LogP contribution in [0.4, 0.5) is 10.1 Å². The summed E-state index contributed by atoms with van der Waals surface area (Å²) >= 11 is 0. The minimum atomic E-state index is -0.211. The van der Waals surface area contributed by atoms with E-state index >= 15 is 0 Å². The van der Waals surface area contributed by atoms with Crippen molar-refractivity contribution in [2.75, 3.05) is 44.2 Å². The molecule has 138 valence electrons. The zero-order valence-electron chi connectivity index (χ0n) is 15.7. The summed E-state index contributed by atoms with van der Waals surface area (Å²) in [6.07, 6.45) is 0.988. The quantitative estimate of drug-likeness (QED) is 0.740. The molecule has 5 heteroatoms. The highest BCUT2D eigenvalue weighted by molar-refractivity contribution is 5.81. The van der Waals surface area contributed by atoms with Gasteiger partial charge in [0.25, 0.3) is 0 Å². The van der Waals surface area contributed by atoms with Crippen molar-refractivity contribution < 1.29 is 9.18 Å². The number of hydrogen-bond donors (Lipinski definition) is 0. The molecular formula is C20H30FN3O. The summed E-state index contributed by atoms with van der Waals surface area (Å²) < 4.78 is 13.1. The highest BCUT2D eigenvalue weighted by Crippen LogP contribution is 2.18. The van der Waals surface area contributed by atoms with Crippen LogP contribution < -0.4 is 4.90 Å². The molecule has 1 aromatic carbocycles. The first-order valence-electron chi connectivity index (χ1n) is 9.10. The molecule has 1 fully saturated rings. The van der Waals surface area contributed by atoms with Crippen LogP contribution in [-0.4, -0.2) is 61.0 Å². The van der Waals surface area contributed by atoms with Gasteiger partial charge in [0.2, 0.25) is 5.91 Å². The van der Waals surface area contributed by atoms with E-state index in [1.54, 1.807) is 0 Å². The van der Waals surface area contributed by atoms with Gasteiger partial charge in [0.05, 0.1) is 6.04 Å². The molecule has 0 aliphatic carbocycles. The number of carbonyl (C=O) groups is 1. The minimum absolute atomic E-state index is 0.132. The SMILES string of the molecule is C=C(C)CN(CC)C(=O)C(C)N1CCCN(c2ccc(F)cc2)CC1. The Balaban J connectivity index is 1.98. The Hall–Kier alpha value is -1.88. The van der Waals surface area contributed by atoms with Crippen LogP contribution >= 0.6 is 0 Å². The Labute approximate surface area is 150 Å². The lowest BCUT2D eigenvalue weighted by atomic mass is 10.2. The molecule has 2 rings (SSSR count). The summed E-state index contributed by atoms with van der Waals surface area (Å²) in [5.74, 6) is -0.0441. The summed E-state index contributed by atoms with van der Waals surface area (Å²) in [5.41, 5.74) is 2.04. The van der Waals surface area contributed by atoms with E-state index in [0.29, 0.717) is 13.1 Å². The number of anilines is 1. The Morgan fingerprint density at radius 2 is 1.92 bits per heavy atom. The Kier molecular flexibility index (Phi) is 7.00. The fraction of sp³-hybridized carbons (Fsp3) is 0.550. The molecule has 4 nitrogen and oxygen atoms in total. The molecule has 1 heterocycles. The summed E-state index contributed by atoms with van der Waals surface area (Å²) in [4.78, 5) is 19.2. The molecule has 1 saturated heterocycles. The predicted molar refractivity (Wildman–Crippen MR) is 101 cm³/mol.